The summed E-state index contributed by atoms with van der Waals surface area (Å²) < 4.78 is 10.9. The molecule has 0 radical (unpaired) electrons. The molecule has 0 saturated heterocycles. The molecule has 1 aromatic heterocycles. The number of carbonyl (C=O) groups is 2. The molecule has 1 aliphatic carbocycles. The molecule has 1 aromatic carbocycles. The van der Waals surface area contributed by atoms with E-state index in [2.05, 4.69) is 22.9 Å². The van der Waals surface area contributed by atoms with E-state index < -0.39 is 0 Å². The van der Waals surface area contributed by atoms with Crippen molar-refractivity contribution in [3.8, 4) is 0 Å². The predicted octanol–water partition coefficient (Wildman–Crippen LogP) is 4.25. The minimum atomic E-state index is -0.323. The van der Waals surface area contributed by atoms with Crippen molar-refractivity contribution in [2.24, 2.45) is 5.92 Å². The summed E-state index contributed by atoms with van der Waals surface area (Å²) >= 11 is 0. The Balaban J connectivity index is 1.36. The molecule has 2 atom stereocenters. The van der Waals surface area contributed by atoms with Gasteiger partial charge in [-0.25, -0.2) is 4.79 Å². The van der Waals surface area contributed by atoms with Crippen LogP contribution in [0, 0.1) is 5.92 Å². The van der Waals surface area contributed by atoms with Gasteiger partial charge in [0.1, 0.15) is 0 Å². The minimum Gasteiger partial charge on any atom is -0.459 e. The van der Waals surface area contributed by atoms with Crippen molar-refractivity contribution in [2.75, 3.05) is 23.8 Å². The molecule has 7 heteroatoms. The molecule has 0 bridgehead atoms. The fourth-order valence-electron chi connectivity index (χ4n) is 3.32. The minimum absolute atomic E-state index is 0.242. The van der Waals surface area contributed by atoms with Crippen molar-refractivity contribution in [1.29, 1.82) is 0 Å². The van der Waals surface area contributed by atoms with E-state index in [0.29, 0.717) is 36.5 Å². The Morgan fingerprint density at radius 3 is 2.46 bits per heavy atom. The zero-order chi connectivity index (χ0) is 19.8. The molecule has 2 aromatic rings. The van der Waals surface area contributed by atoms with Gasteiger partial charge < -0.3 is 25.1 Å². The molecule has 3 amide bonds. The van der Waals surface area contributed by atoms with E-state index in [1.807, 2.05) is 0 Å². The summed E-state index contributed by atoms with van der Waals surface area (Å²) in [6, 6.07) is 9.83. The third-order valence-electron chi connectivity index (χ3n) is 4.90. The lowest BCUT2D eigenvalue weighted by Gasteiger charge is -2.28. The molecule has 0 unspecified atom stereocenters. The summed E-state index contributed by atoms with van der Waals surface area (Å²) in [6.07, 6.45) is 6.59. The number of hydrogen-bond acceptors (Lipinski definition) is 4. The topological polar surface area (TPSA) is 92.6 Å². The van der Waals surface area contributed by atoms with E-state index in [0.717, 1.165) is 6.42 Å². The number of anilines is 2. The lowest BCUT2D eigenvalue weighted by molar-refractivity contribution is -0.00232. The van der Waals surface area contributed by atoms with Gasteiger partial charge in [-0.05, 0) is 55.2 Å². The second kappa shape index (κ2) is 9.94. The second-order valence-electron chi connectivity index (χ2n) is 7.06. The van der Waals surface area contributed by atoms with Gasteiger partial charge >= 0.3 is 6.03 Å². The first-order chi connectivity index (χ1) is 13.6. The summed E-state index contributed by atoms with van der Waals surface area (Å²) in [5, 5.41) is 8.28. The number of rotatable bonds is 7. The van der Waals surface area contributed by atoms with E-state index in [4.69, 9.17) is 9.15 Å². The number of furan rings is 1. The van der Waals surface area contributed by atoms with Crippen molar-refractivity contribution >= 4 is 23.3 Å². The molecular weight excluding hydrogens is 358 g/mol. The van der Waals surface area contributed by atoms with Gasteiger partial charge in [0.15, 0.2) is 5.76 Å². The first-order valence-corrected chi connectivity index (χ1v) is 9.73. The SMILES string of the molecule is C[C@H]1CCCC[C@H]1OCCNC(=O)Nc1ccc(NC(=O)c2ccco2)cc1. The average molecular weight is 385 g/mol. The fourth-order valence-corrected chi connectivity index (χ4v) is 3.32. The number of benzene rings is 1. The highest BCUT2D eigenvalue weighted by molar-refractivity contribution is 6.02. The van der Waals surface area contributed by atoms with Crippen molar-refractivity contribution in [3.05, 3.63) is 48.4 Å². The molecule has 3 rings (SSSR count). The number of carbonyl (C=O) groups excluding carboxylic acids is 2. The lowest BCUT2D eigenvalue weighted by atomic mass is 9.88. The summed E-state index contributed by atoms with van der Waals surface area (Å²) in [6.45, 7) is 3.21. The molecular formula is C21H27N3O4. The summed E-state index contributed by atoms with van der Waals surface area (Å²) in [7, 11) is 0. The highest BCUT2D eigenvalue weighted by Gasteiger charge is 2.21. The number of hydrogen-bond donors (Lipinski definition) is 3. The molecule has 28 heavy (non-hydrogen) atoms. The quantitative estimate of drug-likeness (QED) is 0.621. The van der Waals surface area contributed by atoms with E-state index >= 15 is 0 Å². The summed E-state index contributed by atoms with van der Waals surface area (Å²) in [4.78, 5) is 23.9. The van der Waals surface area contributed by atoms with Gasteiger partial charge in [0.2, 0.25) is 0 Å². The van der Waals surface area contributed by atoms with Crippen molar-refractivity contribution in [2.45, 2.75) is 38.7 Å². The summed E-state index contributed by atoms with van der Waals surface area (Å²) in [5.74, 6) is 0.511. The van der Waals surface area contributed by atoms with Crippen LogP contribution in [-0.2, 0) is 4.74 Å². The molecule has 1 saturated carbocycles. The zero-order valence-corrected chi connectivity index (χ0v) is 16.1. The van der Waals surface area contributed by atoms with Crippen LogP contribution in [0.15, 0.2) is 47.1 Å². The Labute approximate surface area is 164 Å². The molecule has 1 heterocycles. The standard InChI is InChI=1S/C21H27N3O4/c1-15-5-2-3-6-18(15)28-14-12-22-21(26)24-17-10-8-16(9-11-17)23-20(25)19-7-4-13-27-19/h4,7-11,13,15,18H,2-3,5-6,12,14H2,1H3,(H,23,25)(H2,22,24,26)/t15-,18+/m0/s1. The van der Waals surface area contributed by atoms with E-state index in [1.165, 1.54) is 25.5 Å². The molecule has 1 aliphatic rings. The number of amides is 3. The van der Waals surface area contributed by atoms with Crippen LogP contribution in [0.5, 0.6) is 0 Å². The number of ether oxygens (including phenoxy) is 1. The van der Waals surface area contributed by atoms with Crippen LogP contribution in [0.3, 0.4) is 0 Å². The van der Waals surface area contributed by atoms with Gasteiger partial charge in [0.25, 0.3) is 5.91 Å². The Hall–Kier alpha value is -2.80. The van der Waals surface area contributed by atoms with Crippen molar-refractivity contribution in [3.63, 3.8) is 0 Å². The fraction of sp³-hybridized carbons (Fsp3) is 0.429. The second-order valence-corrected chi connectivity index (χ2v) is 7.06. The van der Waals surface area contributed by atoms with Gasteiger partial charge in [-0.1, -0.05) is 19.8 Å². The van der Waals surface area contributed by atoms with Crippen LogP contribution in [0.2, 0.25) is 0 Å². The van der Waals surface area contributed by atoms with E-state index in [9.17, 15) is 9.59 Å². The van der Waals surface area contributed by atoms with Crippen molar-refractivity contribution < 1.29 is 18.7 Å². The predicted molar refractivity (Wildman–Crippen MR) is 107 cm³/mol. The first kappa shape index (κ1) is 19.9. The maximum Gasteiger partial charge on any atom is 0.319 e. The Kier molecular flexibility index (Phi) is 7.08. The average Bonchev–Trinajstić information content (AvgIpc) is 3.23. The van der Waals surface area contributed by atoms with Crippen LogP contribution < -0.4 is 16.0 Å². The Bertz CT molecular complexity index is 758. The third-order valence-corrected chi connectivity index (χ3v) is 4.90. The van der Waals surface area contributed by atoms with E-state index in [1.54, 1.807) is 36.4 Å². The van der Waals surface area contributed by atoms with Crippen LogP contribution in [0.4, 0.5) is 16.2 Å². The lowest BCUT2D eigenvalue weighted by Crippen LogP contribution is -2.34. The maximum atomic E-state index is 12.0. The molecule has 150 valence electrons. The molecule has 0 spiro atoms. The third kappa shape index (κ3) is 5.85. The Morgan fingerprint density at radius 1 is 1.07 bits per heavy atom. The van der Waals surface area contributed by atoms with Gasteiger partial charge in [0, 0.05) is 17.9 Å². The highest BCUT2D eigenvalue weighted by Crippen LogP contribution is 2.26. The van der Waals surface area contributed by atoms with Gasteiger partial charge in [-0.15, -0.1) is 0 Å². The van der Waals surface area contributed by atoms with Gasteiger partial charge in [-0.3, -0.25) is 4.79 Å². The molecule has 3 N–H and O–H groups in total. The normalized spacial score (nSPS) is 19.0. The van der Waals surface area contributed by atoms with Crippen LogP contribution >= 0.6 is 0 Å². The maximum absolute atomic E-state index is 12.0. The van der Waals surface area contributed by atoms with Crippen molar-refractivity contribution in [1.82, 2.24) is 5.32 Å². The van der Waals surface area contributed by atoms with Crippen LogP contribution in [0.25, 0.3) is 0 Å². The van der Waals surface area contributed by atoms with Gasteiger partial charge in [0.05, 0.1) is 19.0 Å². The number of nitrogens with one attached hydrogen (secondary N) is 3. The highest BCUT2D eigenvalue weighted by atomic mass is 16.5. The monoisotopic (exact) mass is 385 g/mol. The van der Waals surface area contributed by atoms with Crippen LogP contribution in [0.1, 0.15) is 43.2 Å². The largest absolute Gasteiger partial charge is 0.459 e. The molecule has 7 nitrogen and oxygen atoms in total. The molecule has 1 fully saturated rings. The van der Waals surface area contributed by atoms with E-state index in [-0.39, 0.29) is 17.7 Å². The van der Waals surface area contributed by atoms with Gasteiger partial charge in [-0.2, -0.15) is 0 Å². The number of urea groups is 1. The van der Waals surface area contributed by atoms with Crippen LogP contribution in [-0.4, -0.2) is 31.2 Å². The smallest absolute Gasteiger partial charge is 0.319 e. The Morgan fingerprint density at radius 2 is 1.79 bits per heavy atom. The zero-order valence-electron chi connectivity index (χ0n) is 16.1. The summed E-state index contributed by atoms with van der Waals surface area (Å²) in [5.41, 5.74) is 1.25. The molecule has 0 aliphatic heterocycles. The first-order valence-electron chi connectivity index (χ1n) is 9.73.